The lowest BCUT2D eigenvalue weighted by atomic mass is 10.1. The molecular weight excluding hydrogens is 300 g/mol. The van der Waals surface area contributed by atoms with E-state index in [0.29, 0.717) is 28.2 Å². The highest BCUT2D eigenvalue weighted by Crippen LogP contribution is 2.32. The average Bonchev–Trinajstić information content (AvgIpc) is 3.06. The number of hydrogen-bond acceptors (Lipinski definition) is 6. The fourth-order valence-electron chi connectivity index (χ4n) is 2.16. The lowest BCUT2D eigenvalue weighted by molar-refractivity contribution is 0.0472. The molecular formula is C17H14O6. The van der Waals surface area contributed by atoms with Crippen molar-refractivity contribution in [2.24, 2.45) is 0 Å². The van der Waals surface area contributed by atoms with E-state index in [0.717, 1.165) is 0 Å². The summed E-state index contributed by atoms with van der Waals surface area (Å²) in [6.07, 6.45) is 0. The molecule has 0 fully saturated rings. The summed E-state index contributed by atoms with van der Waals surface area (Å²) in [5.74, 6) is 0.209. The zero-order valence-electron chi connectivity index (χ0n) is 12.4. The fourth-order valence-corrected chi connectivity index (χ4v) is 2.16. The van der Waals surface area contributed by atoms with Gasteiger partial charge in [0.05, 0.1) is 18.2 Å². The Morgan fingerprint density at radius 3 is 2.61 bits per heavy atom. The lowest BCUT2D eigenvalue weighted by Gasteiger charge is -2.07. The summed E-state index contributed by atoms with van der Waals surface area (Å²) in [7, 11) is 1.31. The summed E-state index contributed by atoms with van der Waals surface area (Å²) in [4.78, 5) is 23.6. The molecule has 0 radical (unpaired) electrons. The first-order valence-electron chi connectivity index (χ1n) is 6.91. The second kappa shape index (κ2) is 6.39. The second-order valence-corrected chi connectivity index (χ2v) is 4.84. The number of fused-ring (bicyclic) bond motifs is 1. The van der Waals surface area contributed by atoms with Crippen LogP contribution >= 0.6 is 0 Å². The largest absolute Gasteiger partial charge is 0.465 e. The third-order valence-electron chi connectivity index (χ3n) is 3.33. The van der Waals surface area contributed by atoms with Gasteiger partial charge >= 0.3 is 11.9 Å². The summed E-state index contributed by atoms with van der Waals surface area (Å²) in [5, 5.41) is 0. The maximum atomic E-state index is 12.1. The molecule has 118 valence electrons. The molecule has 0 spiro atoms. The van der Waals surface area contributed by atoms with Crippen LogP contribution in [0.25, 0.3) is 0 Å². The van der Waals surface area contributed by atoms with Gasteiger partial charge in [-0.05, 0) is 35.9 Å². The van der Waals surface area contributed by atoms with Crippen molar-refractivity contribution in [1.82, 2.24) is 0 Å². The number of ether oxygens (including phenoxy) is 4. The molecule has 6 nitrogen and oxygen atoms in total. The zero-order valence-corrected chi connectivity index (χ0v) is 12.4. The van der Waals surface area contributed by atoms with Crippen molar-refractivity contribution in [3.63, 3.8) is 0 Å². The van der Waals surface area contributed by atoms with Crippen LogP contribution in [0.4, 0.5) is 0 Å². The van der Waals surface area contributed by atoms with Crippen molar-refractivity contribution in [2.75, 3.05) is 13.9 Å². The highest BCUT2D eigenvalue weighted by molar-refractivity contribution is 5.90. The molecule has 0 unspecified atom stereocenters. The van der Waals surface area contributed by atoms with Crippen LogP contribution < -0.4 is 9.47 Å². The Morgan fingerprint density at radius 2 is 1.78 bits per heavy atom. The van der Waals surface area contributed by atoms with Gasteiger partial charge in [-0.3, -0.25) is 0 Å². The summed E-state index contributed by atoms with van der Waals surface area (Å²) in [5.41, 5.74) is 1.48. The first-order chi connectivity index (χ1) is 11.2. The van der Waals surface area contributed by atoms with E-state index < -0.39 is 11.9 Å². The first-order valence-corrected chi connectivity index (χ1v) is 6.91. The van der Waals surface area contributed by atoms with Gasteiger partial charge in [-0.2, -0.15) is 0 Å². The molecule has 23 heavy (non-hydrogen) atoms. The Bertz CT molecular complexity index is 752. The minimum Gasteiger partial charge on any atom is -0.465 e. The Labute approximate surface area is 132 Å². The minimum absolute atomic E-state index is 0.0537. The van der Waals surface area contributed by atoms with Crippen LogP contribution in [0.1, 0.15) is 26.3 Å². The van der Waals surface area contributed by atoms with Gasteiger partial charge in [0.1, 0.15) is 6.61 Å². The quantitative estimate of drug-likeness (QED) is 0.808. The summed E-state index contributed by atoms with van der Waals surface area (Å²) in [6.45, 7) is 0.201. The first kappa shape index (κ1) is 14.9. The molecule has 2 aromatic rings. The van der Waals surface area contributed by atoms with Gasteiger partial charge < -0.3 is 18.9 Å². The van der Waals surface area contributed by atoms with Crippen molar-refractivity contribution in [3.8, 4) is 11.5 Å². The van der Waals surface area contributed by atoms with Crippen molar-refractivity contribution in [3.05, 3.63) is 59.2 Å². The van der Waals surface area contributed by atoms with Crippen LogP contribution in [0.5, 0.6) is 11.5 Å². The standard InChI is InChI=1S/C17H14O6/c1-20-16(18)12-4-2-3-11(7-12)9-21-17(19)13-5-6-14-15(8-13)23-10-22-14/h2-8H,9-10H2,1H3. The molecule has 1 heterocycles. The van der Waals surface area contributed by atoms with Gasteiger partial charge in [-0.15, -0.1) is 0 Å². The normalized spacial score (nSPS) is 11.9. The van der Waals surface area contributed by atoms with Crippen molar-refractivity contribution < 1.29 is 28.5 Å². The Balaban J connectivity index is 1.66. The third kappa shape index (κ3) is 3.26. The number of carbonyl (C=O) groups excluding carboxylic acids is 2. The van der Waals surface area contributed by atoms with Gasteiger partial charge in [-0.1, -0.05) is 12.1 Å². The van der Waals surface area contributed by atoms with Crippen LogP contribution in [0.2, 0.25) is 0 Å². The number of carbonyl (C=O) groups is 2. The number of methoxy groups -OCH3 is 1. The van der Waals surface area contributed by atoms with Crippen LogP contribution in [-0.2, 0) is 16.1 Å². The van der Waals surface area contributed by atoms with E-state index in [9.17, 15) is 9.59 Å². The van der Waals surface area contributed by atoms with Crippen molar-refractivity contribution >= 4 is 11.9 Å². The monoisotopic (exact) mass is 314 g/mol. The SMILES string of the molecule is COC(=O)c1cccc(COC(=O)c2ccc3c(c2)OCO3)c1. The Kier molecular flexibility index (Phi) is 4.14. The second-order valence-electron chi connectivity index (χ2n) is 4.84. The predicted octanol–water partition coefficient (Wildman–Crippen LogP) is 2.56. The van der Waals surface area contributed by atoms with E-state index in [-0.39, 0.29) is 13.4 Å². The van der Waals surface area contributed by atoms with Crippen LogP contribution in [0.15, 0.2) is 42.5 Å². The van der Waals surface area contributed by atoms with Crippen molar-refractivity contribution in [2.45, 2.75) is 6.61 Å². The minimum atomic E-state index is -0.480. The summed E-state index contributed by atoms with van der Waals surface area (Å²) < 4.78 is 20.3. The molecule has 1 aliphatic rings. The highest BCUT2D eigenvalue weighted by atomic mass is 16.7. The molecule has 0 amide bonds. The predicted molar refractivity (Wildman–Crippen MR) is 79.5 cm³/mol. The molecule has 0 aliphatic carbocycles. The van der Waals surface area contributed by atoms with E-state index in [2.05, 4.69) is 4.74 Å². The number of hydrogen-bond donors (Lipinski definition) is 0. The topological polar surface area (TPSA) is 71.1 Å². The molecule has 2 aromatic carbocycles. The molecule has 0 N–H and O–H groups in total. The van der Waals surface area contributed by atoms with E-state index in [1.807, 2.05) is 0 Å². The molecule has 6 heteroatoms. The highest BCUT2D eigenvalue weighted by Gasteiger charge is 2.17. The third-order valence-corrected chi connectivity index (χ3v) is 3.33. The van der Waals surface area contributed by atoms with Crippen LogP contribution in [0, 0.1) is 0 Å². The fraction of sp³-hybridized carbons (Fsp3) is 0.176. The van der Waals surface area contributed by atoms with E-state index in [4.69, 9.17) is 14.2 Å². The molecule has 0 bridgehead atoms. The lowest BCUT2D eigenvalue weighted by Crippen LogP contribution is -2.06. The van der Waals surface area contributed by atoms with Gasteiger partial charge in [0, 0.05) is 0 Å². The molecule has 3 rings (SSSR count). The van der Waals surface area contributed by atoms with E-state index >= 15 is 0 Å². The van der Waals surface area contributed by atoms with Gasteiger partial charge in [-0.25, -0.2) is 9.59 Å². The van der Waals surface area contributed by atoms with Gasteiger partial charge in [0.2, 0.25) is 6.79 Å². The Morgan fingerprint density at radius 1 is 1.00 bits per heavy atom. The van der Waals surface area contributed by atoms with Crippen LogP contribution in [0.3, 0.4) is 0 Å². The zero-order chi connectivity index (χ0) is 16.2. The van der Waals surface area contributed by atoms with Gasteiger partial charge in [0.15, 0.2) is 11.5 Å². The molecule has 0 saturated heterocycles. The molecule has 0 aromatic heterocycles. The molecule has 0 atom stereocenters. The smallest absolute Gasteiger partial charge is 0.338 e. The molecule has 0 saturated carbocycles. The number of rotatable bonds is 4. The number of esters is 2. The van der Waals surface area contributed by atoms with E-state index in [1.165, 1.54) is 7.11 Å². The number of benzene rings is 2. The summed E-state index contributed by atoms with van der Waals surface area (Å²) in [6, 6.07) is 11.6. The molecule has 1 aliphatic heterocycles. The van der Waals surface area contributed by atoms with Crippen molar-refractivity contribution in [1.29, 1.82) is 0 Å². The maximum Gasteiger partial charge on any atom is 0.338 e. The van der Waals surface area contributed by atoms with Crippen LogP contribution in [-0.4, -0.2) is 25.8 Å². The maximum absolute atomic E-state index is 12.1. The van der Waals surface area contributed by atoms with E-state index in [1.54, 1.807) is 42.5 Å². The van der Waals surface area contributed by atoms with Gasteiger partial charge in [0.25, 0.3) is 0 Å². The Hall–Kier alpha value is -3.02. The average molecular weight is 314 g/mol. The summed E-state index contributed by atoms with van der Waals surface area (Å²) >= 11 is 0.